The second kappa shape index (κ2) is 6.53. The van der Waals surface area contributed by atoms with Crippen molar-refractivity contribution in [2.75, 3.05) is 26.2 Å². The molecule has 104 valence electrons. The molecule has 0 bridgehead atoms. The van der Waals surface area contributed by atoms with Crippen molar-refractivity contribution in [2.45, 2.75) is 57.5 Å². The zero-order chi connectivity index (χ0) is 13.0. The Bertz CT molecular complexity index is 283. The zero-order valence-electron chi connectivity index (χ0n) is 11.5. The summed E-state index contributed by atoms with van der Waals surface area (Å²) in [5.74, 6) is -0.677. The molecule has 2 aliphatic rings. The van der Waals surface area contributed by atoms with Crippen molar-refractivity contribution >= 4 is 5.97 Å². The highest BCUT2D eigenvalue weighted by Gasteiger charge is 2.29. The average molecular weight is 254 g/mol. The molecule has 0 aromatic rings. The zero-order valence-corrected chi connectivity index (χ0v) is 11.5. The molecule has 2 saturated heterocycles. The van der Waals surface area contributed by atoms with Gasteiger partial charge in [0.15, 0.2) is 0 Å². The van der Waals surface area contributed by atoms with E-state index in [4.69, 9.17) is 5.11 Å². The van der Waals surface area contributed by atoms with Crippen molar-refractivity contribution in [1.82, 2.24) is 9.80 Å². The molecular weight excluding hydrogens is 228 g/mol. The summed E-state index contributed by atoms with van der Waals surface area (Å²) < 4.78 is 0. The van der Waals surface area contributed by atoms with Crippen LogP contribution in [0, 0.1) is 0 Å². The summed E-state index contributed by atoms with van der Waals surface area (Å²) in [6, 6.07) is 1.37. The maximum Gasteiger partial charge on any atom is 0.304 e. The van der Waals surface area contributed by atoms with Gasteiger partial charge in [-0.2, -0.15) is 0 Å². The standard InChI is InChI=1S/C14H26N2O2/c1-12-5-2-3-9-16(12)13-6-4-8-15(11-13)10-7-14(17)18/h12-13H,2-11H2,1H3,(H,17,18). The number of carboxylic acid groups (broad SMARTS) is 1. The van der Waals surface area contributed by atoms with Crippen LogP contribution in [-0.4, -0.2) is 59.1 Å². The number of aliphatic carboxylic acids is 1. The Hall–Kier alpha value is -0.610. The predicted octanol–water partition coefficient (Wildman–Crippen LogP) is 1.80. The van der Waals surface area contributed by atoms with E-state index in [2.05, 4.69) is 16.7 Å². The monoisotopic (exact) mass is 254 g/mol. The molecule has 0 aliphatic carbocycles. The lowest BCUT2D eigenvalue weighted by atomic mass is 9.96. The van der Waals surface area contributed by atoms with E-state index >= 15 is 0 Å². The van der Waals surface area contributed by atoms with E-state index in [1.807, 2.05) is 0 Å². The summed E-state index contributed by atoms with van der Waals surface area (Å²) in [5.41, 5.74) is 0. The number of nitrogens with zero attached hydrogens (tertiary/aromatic N) is 2. The van der Waals surface area contributed by atoms with Gasteiger partial charge in [-0.15, -0.1) is 0 Å². The van der Waals surface area contributed by atoms with Crippen LogP contribution in [0.3, 0.4) is 0 Å². The Morgan fingerprint density at radius 1 is 1.22 bits per heavy atom. The summed E-state index contributed by atoms with van der Waals surface area (Å²) >= 11 is 0. The molecule has 0 spiro atoms. The smallest absolute Gasteiger partial charge is 0.304 e. The molecule has 0 aromatic heterocycles. The van der Waals surface area contributed by atoms with Gasteiger partial charge >= 0.3 is 5.97 Å². The number of carbonyl (C=O) groups is 1. The Morgan fingerprint density at radius 2 is 2.06 bits per heavy atom. The molecule has 2 fully saturated rings. The van der Waals surface area contributed by atoms with Crippen LogP contribution < -0.4 is 0 Å². The van der Waals surface area contributed by atoms with E-state index < -0.39 is 5.97 Å². The third kappa shape index (κ3) is 3.69. The van der Waals surface area contributed by atoms with Gasteiger partial charge < -0.3 is 10.0 Å². The Kier molecular flexibility index (Phi) is 5.01. The number of hydrogen-bond acceptors (Lipinski definition) is 3. The Labute approximate surface area is 110 Å². The van der Waals surface area contributed by atoms with Gasteiger partial charge in [0, 0.05) is 25.2 Å². The van der Waals surface area contributed by atoms with Gasteiger partial charge in [-0.3, -0.25) is 9.69 Å². The van der Waals surface area contributed by atoms with Crippen molar-refractivity contribution in [1.29, 1.82) is 0 Å². The molecular formula is C14H26N2O2. The summed E-state index contributed by atoms with van der Waals surface area (Å²) in [5, 5.41) is 8.76. The minimum absolute atomic E-state index is 0.280. The van der Waals surface area contributed by atoms with Crippen LogP contribution in [0.1, 0.15) is 45.4 Å². The van der Waals surface area contributed by atoms with Crippen LogP contribution in [0.25, 0.3) is 0 Å². The Balaban J connectivity index is 1.83. The molecule has 0 saturated carbocycles. The van der Waals surface area contributed by atoms with Crippen LogP contribution in [0.4, 0.5) is 0 Å². The molecule has 2 unspecified atom stereocenters. The van der Waals surface area contributed by atoms with Crippen molar-refractivity contribution in [3.8, 4) is 0 Å². The van der Waals surface area contributed by atoms with Crippen LogP contribution >= 0.6 is 0 Å². The topological polar surface area (TPSA) is 43.8 Å². The molecule has 0 aromatic carbocycles. The lowest BCUT2D eigenvalue weighted by molar-refractivity contribution is -0.137. The molecule has 2 atom stereocenters. The van der Waals surface area contributed by atoms with Crippen LogP contribution in [0.5, 0.6) is 0 Å². The minimum atomic E-state index is -0.677. The number of piperidine rings is 2. The third-order valence-electron chi connectivity index (χ3n) is 4.45. The van der Waals surface area contributed by atoms with Crippen LogP contribution in [0.2, 0.25) is 0 Å². The molecule has 4 heteroatoms. The predicted molar refractivity (Wildman–Crippen MR) is 71.7 cm³/mol. The van der Waals surface area contributed by atoms with Gasteiger partial charge in [0.1, 0.15) is 0 Å². The normalized spacial score (nSPS) is 31.4. The van der Waals surface area contributed by atoms with Crippen molar-refractivity contribution in [2.24, 2.45) is 0 Å². The first-order valence-corrected chi connectivity index (χ1v) is 7.36. The fraction of sp³-hybridized carbons (Fsp3) is 0.929. The van der Waals surface area contributed by atoms with E-state index in [9.17, 15) is 4.79 Å². The lowest BCUT2D eigenvalue weighted by Crippen LogP contribution is -2.52. The highest BCUT2D eigenvalue weighted by atomic mass is 16.4. The van der Waals surface area contributed by atoms with E-state index in [0.717, 1.165) is 13.1 Å². The number of rotatable bonds is 4. The van der Waals surface area contributed by atoms with Gasteiger partial charge in [0.05, 0.1) is 6.42 Å². The maximum absolute atomic E-state index is 10.6. The first-order valence-electron chi connectivity index (χ1n) is 7.36. The maximum atomic E-state index is 10.6. The Morgan fingerprint density at radius 3 is 2.78 bits per heavy atom. The van der Waals surface area contributed by atoms with Gasteiger partial charge in [-0.05, 0) is 45.7 Å². The van der Waals surface area contributed by atoms with Gasteiger partial charge in [0.2, 0.25) is 0 Å². The van der Waals surface area contributed by atoms with Gasteiger partial charge in [-0.25, -0.2) is 0 Å². The first kappa shape index (κ1) is 13.8. The summed E-state index contributed by atoms with van der Waals surface area (Å²) in [6.07, 6.45) is 6.80. The summed E-state index contributed by atoms with van der Waals surface area (Å²) in [7, 11) is 0. The van der Waals surface area contributed by atoms with Crippen molar-refractivity contribution in [3.63, 3.8) is 0 Å². The summed E-state index contributed by atoms with van der Waals surface area (Å²) in [4.78, 5) is 15.6. The van der Waals surface area contributed by atoms with Crippen molar-refractivity contribution in [3.05, 3.63) is 0 Å². The first-order chi connectivity index (χ1) is 8.66. The summed E-state index contributed by atoms with van der Waals surface area (Å²) in [6.45, 7) is 6.44. The molecule has 2 heterocycles. The van der Waals surface area contributed by atoms with E-state index in [1.54, 1.807) is 0 Å². The second-order valence-corrected chi connectivity index (χ2v) is 5.82. The lowest BCUT2D eigenvalue weighted by Gasteiger charge is -2.44. The SMILES string of the molecule is CC1CCCCN1C1CCCN(CCC(=O)O)C1. The fourth-order valence-corrected chi connectivity index (χ4v) is 3.42. The van der Waals surface area contributed by atoms with E-state index in [0.29, 0.717) is 18.6 Å². The van der Waals surface area contributed by atoms with Gasteiger partial charge in [-0.1, -0.05) is 6.42 Å². The fourth-order valence-electron chi connectivity index (χ4n) is 3.42. The molecule has 2 rings (SSSR count). The minimum Gasteiger partial charge on any atom is -0.481 e. The number of carboxylic acids is 1. The third-order valence-corrected chi connectivity index (χ3v) is 4.45. The molecule has 0 amide bonds. The second-order valence-electron chi connectivity index (χ2n) is 5.82. The van der Waals surface area contributed by atoms with Crippen molar-refractivity contribution < 1.29 is 9.90 Å². The molecule has 18 heavy (non-hydrogen) atoms. The quantitative estimate of drug-likeness (QED) is 0.831. The van der Waals surface area contributed by atoms with Crippen LogP contribution in [-0.2, 0) is 4.79 Å². The average Bonchev–Trinajstić information content (AvgIpc) is 2.37. The highest BCUT2D eigenvalue weighted by molar-refractivity contribution is 5.66. The number of likely N-dealkylation sites (tertiary alicyclic amines) is 2. The molecule has 2 aliphatic heterocycles. The van der Waals surface area contributed by atoms with Gasteiger partial charge in [0.25, 0.3) is 0 Å². The highest BCUT2D eigenvalue weighted by Crippen LogP contribution is 2.24. The largest absolute Gasteiger partial charge is 0.481 e. The van der Waals surface area contributed by atoms with E-state index in [1.165, 1.54) is 38.6 Å². The van der Waals surface area contributed by atoms with Crippen LogP contribution in [0.15, 0.2) is 0 Å². The molecule has 1 N–H and O–H groups in total. The van der Waals surface area contributed by atoms with E-state index in [-0.39, 0.29) is 6.42 Å². The number of hydrogen-bond donors (Lipinski definition) is 1. The molecule has 4 nitrogen and oxygen atoms in total. The molecule has 0 radical (unpaired) electrons.